The quantitative estimate of drug-likeness (QED) is 0.650. The van der Waals surface area contributed by atoms with Crippen LogP contribution in [0.15, 0.2) is 48.5 Å². The summed E-state index contributed by atoms with van der Waals surface area (Å²) in [5.74, 6) is -0.386. The summed E-state index contributed by atoms with van der Waals surface area (Å²) in [4.78, 5) is 25.9. The van der Waals surface area contributed by atoms with Crippen LogP contribution in [0.4, 0.5) is 5.82 Å². The first-order valence-electron chi connectivity index (χ1n) is 8.93. The molecule has 0 bridgehead atoms. The first-order valence-corrected chi connectivity index (χ1v) is 9.75. The minimum atomic E-state index is -0.500. The minimum Gasteiger partial charge on any atom is -0.451 e. The standard InChI is InChI=1S/C21H23N3O3S/c1-14-10-11-16(28-14)20(26)27-13-19(25)22-18-12-17(21(2,3)4)23-24(18)15-8-6-5-7-9-15/h5-12H,13H2,1-4H3,(H,22,25). The van der Waals surface area contributed by atoms with Crippen molar-refractivity contribution in [2.75, 3.05) is 11.9 Å². The fourth-order valence-corrected chi connectivity index (χ4v) is 3.29. The Morgan fingerprint density at radius 3 is 2.46 bits per heavy atom. The molecular weight excluding hydrogens is 374 g/mol. The largest absolute Gasteiger partial charge is 0.451 e. The Morgan fingerprint density at radius 2 is 1.86 bits per heavy atom. The second kappa shape index (κ2) is 7.98. The van der Waals surface area contributed by atoms with E-state index in [9.17, 15) is 9.59 Å². The van der Waals surface area contributed by atoms with E-state index in [4.69, 9.17) is 4.74 Å². The first kappa shape index (κ1) is 19.8. The van der Waals surface area contributed by atoms with E-state index in [1.165, 1.54) is 11.3 Å². The molecule has 0 fully saturated rings. The predicted molar refractivity (Wildman–Crippen MR) is 110 cm³/mol. The van der Waals surface area contributed by atoms with Crippen molar-refractivity contribution in [3.63, 3.8) is 0 Å². The van der Waals surface area contributed by atoms with Gasteiger partial charge in [-0.25, -0.2) is 9.48 Å². The molecule has 0 aliphatic carbocycles. The smallest absolute Gasteiger partial charge is 0.348 e. The molecule has 1 aromatic carbocycles. The maximum absolute atomic E-state index is 12.4. The number of anilines is 1. The Labute approximate surface area is 168 Å². The summed E-state index contributed by atoms with van der Waals surface area (Å²) in [6, 6.07) is 14.9. The number of carbonyl (C=O) groups is 2. The van der Waals surface area contributed by atoms with Gasteiger partial charge in [-0.3, -0.25) is 4.79 Å². The van der Waals surface area contributed by atoms with E-state index in [2.05, 4.69) is 31.2 Å². The van der Waals surface area contributed by atoms with Crippen molar-refractivity contribution in [1.29, 1.82) is 0 Å². The topological polar surface area (TPSA) is 73.2 Å². The Kier molecular flexibility index (Phi) is 5.65. The fourth-order valence-electron chi connectivity index (χ4n) is 2.53. The third-order valence-corrected chi connectivity index (χ3v) is 5.00. The number of benzene rings is 1. The summed E-state index contributed by atoms with van der Waals surface area (Å²) in [6.45, 7) is 7.72. The third-order valence-electron chi connectivity index (χ3n) is 4.02. The number of aryl methyl sites for hydroxylation is 1. The number of carbonyl (C=O) groups excluding carboxylic acids is 2. The molecule has 0 aliphatic heterocycles. The molecule has 0 unspecified atom stereocenters. The van der Waals surface area contributed by atoms with Gasteiger partial charge in [0.1, 0.15) is 10.7 Å². The molecule has 0 aliphatic rings. The Morgan fingerprint density at radius 1 is 1.14 bits per heavy atom. The molecule has 3 rings (SSSR count). The zero-order chi connectivity index (χ0) is 20.3. The normalized spacial score (nSPS) is 11.3. The van der Waals surface area contributed by atoms with Crippen molar-refractivity contribution < 1.29 is 14.3 Å². The molecule has 0 spiro atoms. The molecule has 0 saturated heterocycles. The van der Waals surface area contributed by atoms with Crippen LogP contribution in [0.3, 0.4) is 0 Å². The lowest BCUT2D eigenvalue weighted by atomic mass is 9.92. The first-order chi connectivity index (χ1) is 13.2. The van der Waals surface area contributed by atoms with Gasteiger partial charge >= 0.3 is 5.97 Å². The fraction of sp³-hybridized carbons (Fsp3) is 0.286. The van der Waals surface area contributed by atoms with Gasteiger partial charge in [0.2, 0.25) is 0 Å². The van der Waals surface area contributed by atoms with E-state index >= 15 is 0 Å². The molecule has 7 heteroatoms. The Hall–Kier alpha value is -2.93. The molecule has 0 saturated carbocycles. The van der Waals surface area contributed by atoms with E-state index < -0.39 is 11.9 Å². The number of esters is 1. The average molecular weight is 398 g/mol. The summed E-state index contributed by atoms with van der Waals surface area (Å²) in [6.07, 6.45) is 0. The second-order valence-electron chi connectivity index (χ2n) is 7.45. The van der Waals surface area contributed by atoms with E-state index in [-0.39, 0.29) is 12.0 Å². The molecule has 1 amide bonds. The molecule has 3 aromatic rings. The third kappa shape index (κ3) is 4.67. The molecule has 146 valence electrons. The van der Waals surface area contributed by atoms with Crippen molar-refractivity contribution in [2.45, 2.75) is 33.1 Å². The van der Waals surface area contributed by atoms with Gasteiger partial charge < -0.3 is 10.1 Å². The van der Waals surface area contributed by atoms with Gasteiger partial charge in [-0.05, 0) is 31.2 Å². The number of nitrogens with one attached hydrogen (secondary N) is 1. The van der Waals surface area contributed by atoms with E-state index in [0.29, 0.717) is 10.7 Å². The van der Waals surface area contributed by atoms with Crippen LogP contribution >= 0.6 is 11.3 Å². The summed E-state index contributed by atoms with van der Waals surface area (Å²) >= 11 is 1.34. The maximum atomic E-state index is 12.4. The minimum absolute atomic E-state index is 0.178. The van der Waals surface area contributed by atoms with Crippen LogP contribution in [-0.4, -0.2) is 28.3 Å². The number of hydrogen-bond donors (Lipinski definition) is 1. The van der Waals surface area contributed by atoms with Gasteiger partial charge in [-0.1, -0.05) is 39.0 Å². The number of thiophene rings is 1. The lowest BCUT2D eigenvalue weighted by molar-refractivity contribution is -0.119. The van der Waals surface area contributed by atoms with E-state index in [1.54, 1.807) is 10.7 Å². The van der Waals surface area contributed by atoms with Gasteiger partial charge in [0.05, 0.1) is 11.4 Å². The number of nitrogens with zero attached hydrogens (tertiary/aromatic N) is 2. The predicted octanol–water partition coefficient (Wildman–Crippen LogP) is 4.34. The highest BCUT2D eigenvalue weighted by Crippen LogP contribution is 2.26. The summed E-state index contributed by atoms with van der Waals surface area (Å²) in [7, 11) is 0. The highest BCUT2D eigenvalue weighted by Gasteiger charge is 2.22. The Balaban J connectivity index is 1.74. The SMILES string of the molecule is Cc1ccc(C(=O)OCC(=O)Nc2cc(C(C)(C)C)nn2-c2ccccc2)s1. The summed E-state index contributed by atoms with van der Waals surface area (Å²) < 4.78 is 6.81. The van der Waals surface area contributed by atoms with Crippen LogP contribution < -0.4 is 5.32 Å². The monoisotopic (exact) mass is 397 g/mol. The van der Waals surface area contributed by atoms with Crippen molar-refractivity contribution in [3.8, 4) is 5.69 Å². The van der Waals surface area contributed by atoms with Crippen LogP contribution in [-0.2, 0) is 14.9 Å². The van der Waals surface area contributed by atoms with Gasteiger partial charge in [-0.2, -0.15) is 5.10 Å². The highest BCUT2D eigenvalue weighted by molar-refractivity contribution is 7.13. The number of rotatable bonds is 5. The van der Waals surface area contributed by atoms with E-state index in [1.807, 2.05) is 49.4 Å². The summed E-state index contributed by atoms with van der Waals surface area (Å²) in [5.41, 5.74) is 1.50. The van der Waals surface area contributed by atoms with Crippen molar-refractivity contribution >= 4 is 29.0 Å². The van der Waals surface area contributed by atoms with Crippen molar-refractivity contribution in [2.24, 2.45) is 0 Å². The highest BCUT2D eigenvalue weighted by atomic mass is 32.1. The second-order valence-corrected chi connectivity index (χ2v) is 8.73. The number of amides is 1. The number of hydrogen-bond acceptors (Lipinski definition) is 5. The molecule has 6 nitrogen and oxygen atoms in total. The van der Waals surface area contributed by atoms with Crippen LogP contribution in [0, 0.1) is 6.92 Å². The van der Waals surface area contributed by atoms with Crippen molar-refractivity contribution in [3.05, 3.63) is 64.0 Å². The number of para-hydroxylation sites is 1. The van der Waals surface area contributed by atoms with Crippen molar-refractivity contribution in [1.82, 2.24) is 9.78 Å². The molecule has 2 heterocycles. The van der Waals surface area contributed by atoms with Gasteiger partial charge in [-0.15, -0.1) is 11.3 Å². The van der Waals surface area contributed by atoms with Crippen LogP contribution in [0.5, 0.6) is 0 Å². The van der Waals surface area contributed by atoms with Crippen LogP contribution in [0.1, 0.15) is 41.0 Å². The van der Waals surface area contributed by atoms with Crippen LogP contribution in [0.25, 0.3) is 5.69 Å². The molecular formula is C21H23N3O3S. The van der Waals surface area contributed by atoms with Gasteiger partial charge in [0.15, 0.2) is 6.61 Å². The lowest BCUT2D eigenvalue weighted by Crippen LogP contribution is -2.22. The summed E-state index contributed by atoms with van der Waals surface area (Å²) in [5, 5.41) is 7.45. The average Bonchev–Trinajstić information content (AvgIpc) is 3.27. The molecule has 0 atom stereocenters. The van der Waals surface area contributed by atoms with E-state index in [0.717, 1.165) is 16.3 Å². The zero-order valence-corrected chi connectivity index (χ0v) is 17.2. The lowest BCUT2D eigenvalue weighted by Gasteiger charge is -2.14. The molecule has 2 aromatic heterocycles. The van der Waals surface area contributed by atoms with Gasteiger partial charge in [0, 0.05) is 16.4 Å². The maximum Gasteiger partial charge on any atom is 0.348 e. The molecule has 28 heavy (non-hydrogen) atoms. The zero-order valence-electron chi connectivity index (χ0n) is 16.4. The number of ether oxygens (including phenoxy) is 1. The molecule has 1 N–H and O–H groups in total. The molecule has 0 radical (unpaired) electrons. The number of aromatic nitrogens is 2. The Bertz CT molecular complexity index is 984. The van der Waals surface area contributed by atoms with Gasteiger partial charge in [0.25, 0.3) is 5.91 Å². The van der Waals surface area contributed by atoms with Crippen LogP contribution in [0.2, 0.25) is 0 Å².